The monoisotopic (exact) mass is 234 g/mol. The number of hydrogen-bond acceptors (Lipinski definition) is 4. The Morgan fingerprint density at radius 3 is 3.00 bits per heavy atom. The molecule has 1 aromatic heterocycles. The molecular formula is C12H14N2O3. The molecule has 0 saturated carbocycles. The van der Waals surface area contributed by atoms with Gasteiger partial charge in [-0.05, 0) is 19.1 Å². The minimum atomic E-state index is -0.648. The molecule has 0 spiro atoms. The van der Waals surface area contributed by atoms with Gasteiger partial charge >= 0.3 is 0 Å². The van der Waals surface area contributed by atoms with Crippen LogP contribution >= 0.6 is 0 Å². The molecule has 90 valence electrons. The Morgan fingerprint density at radius 1 is 1.71 bits per heavy atom. The number of terminal acetylenes is 1. The second-order valence-corrected chi connectivity index (χ2v) is 3.33. The molecule has 17 heavy (non-hydrogen) atoms. The number of pyridine rings is 1. The zero-order valence-electron chi connectivity index (χ0n) is 9.51. The Labute approximate surface area is 99.8 Å². The van der Waals surface area contributed by atoms with Gasteiger partial charge in [0.05, 0.1) is 25.0 Å². The molecule has 2 N–H and O–H groups in total. The molecule has 1 atom stereocenters. The topological polar surface area (TPSA) is 71.5 Å². The number of nitrogens with zero attached hydrogens (tertiary/aromatic N) is 1. The number of aromatic nitrogens is 1. The van der Waals surface area contributed by atoms with E-state index < -0.39 is 6.10 Å². The summed E-state index contributed by atoms with van der Waals surface area (Å²) in [6.45, 7) is 1.67. The van der Waals surface area contributed by atoms with Gasteiger partial charge in [-0.25, -0.2) is 0 Å². The number of aliphatic hydroxyl groups excluding tert-OH is 1. The van der Waals surface area contributed by atoms with Crippen molar-refractivity contribution in [1.82, 2.24) is 10.3 Å². The Morgan fingerprint density at radius 2 is 2.47 bits per heavy atom. The van der Waals surface area contributed by atoms with Crippen LogP contribution in [0, 0.1) is 12.3 Å². The Balaban J connectivity index is 2.52. The molecule has 0 aliphatic heterocycles. The first kappa shape index (κ1) is 13.0. The average molecular weight is 234 g/mol. The zero-order valence-corrected chi connectivity index (χ0v) is 9.51. The highest BCUT2D eigenvalue weighted by atomic mass is 16.5. The molecule has 1 aromatic rings. The van der Waals surface area contributed by atoms with E-state index in [9.17, 15) is 4.79 Å². The molecule has 1 heterocycles. The number of amides is 1. The van der Waals surface area contributed by atoms with Crippen LogP contribution in [0.3, 0.4) is 0 Å². The molecule has 0 radical (unpaired) electrons. The number of ether oxygens (including phenoxy) is 1. The van der Waals surface area contributed by atoms with Gasteiger partial charge in [-0.2, -0.15) is 0 Å². The summed E-state index contributed by atoms with van der Waals surface area (Å²) >= 11 is 0. The van der Waals surface area contributed by atoms with E-state index in [4.69, 9.17) is 16.3 Å². The molecule has 0 aromatic carbocycles. The molecule has 5 heteroatoms. The summed E-state index contributed by atoms with van der Waals surface area (Å²) in [4.78, 5) is 15.4. The molecule has 0 fully saturated rings. The largest absolute Gasteiger partial charge is 0.479 e. The summed E-state index contributed by atoms with van der Waals surface area (Å²) in [6.07, 6.45) is 5.83. The van der Waals surface area contributed by atoms with Crippen LogP contribution in [0.4, 0.5) is 0 Å². The third-order valence-corrected chi connectivity index (χ3v) is 2.01. The summed E-state index contributed by atoms with van der Waals surface area (Å²) in [6, 6.07) is 3.27. The van der Waals surface area contributed by atoms with Crippen molar-refractivity contribution in [3.63, 3.8) is 0 Å². The van der Waals surface area contributed by atoms with E-state index in [1.165, 1.54) is 6.20 Å². The normalized spacial score (nSPS) is 11.4. The van der Waals surface area contributed by atoms with Crippen LogP contribution < -0.4 is 10.1 Å². The van der Waals surface area contributed by atoms with Gasteiger partial charge < -0.3 is 15.2 Å². The van der Waals surface area contributed by atoms with Gasteiger partial charge in [-0.15, -0.1) is 6.42 Å². The first-order valence-corrected chi connectivity index (χ1v) is 5.11. The summed E-state index contributed by atoms with van der Waals surface area (Å²) in [7, 11) is 0. The van der Waals surface area contributed by atoms with E-state index in [0.717, 1.165) is 0 Å². The predicted octanol–water partition coefficient (Wildman–Crippen LogP) is 0.0906. The fourth-order valence-corrected chi connectivity index (χ4v) is 1.11. The molecule has 1 amide bonds. The van der Waals surface area contributed by atoms with Crippen molar-refractivity contribution in [2.45, 2.75) is 19.6 Å². The van der Waals surface area contributed by atoms with Crippen molar-refractivity contribution in [3.05, 3.63) is 24.0 Å². The van der Waals surface area contributed by atoms with Gasteiger partial charge in [-0.1, -0.05) is 5.92 Å². The van der Waals surface area contributed by atoms with Crippen LogP contribution in [0.2, 0.25) is 0 Å². The van der Waals surface area contributed by atoms with Gasteiger partial charge in [0.2, 0.25) is 0 Å². The molecule has 1 rings (SSSR count). The lowest BCUT2D eigenvalue weighted by Crippen LogP contribution is -2.36. The SMILES string of the molecule is C#CCNC(=O)C(C)Oc1ccc(CO)nc1. The van der Waals surface area contributed by atoms with Crippen molar-refractivity contribution in [2.75, 3.05) is 6.54 Å². The number of hydrogen-bond donors (Lipinski definition) is 2. The van der Waals surface area contributed by atoms with Crippen LogP contribution in [0.5, 0.6) is 5.75 Å². The fourth-order valence-electron chi connectivity index (χ4n) is 1.11. The molecule has 0 aliphatic carbocycles. The minimum Gasteiger partial charge on any atom is -0.479 e. The molecule has 0 aliphatic rings. The summed E-state index contributed by atoms with van der Waals surface area (Å²) in [5, 5.41) is 11.3. The number of aliphatic hydroxyl groups is 1. The number of carbonyl (C=O) groups is 1. The number of rotatable bonds is 5. The average Bonchev–Trinajstić information content (AvgIpc) is 2.36. The van der Waals surface area contributed by atoms with E-state index in [2.05, 4.69) is 16.2 Å². The van der Waals surface area contributed by atoms with Gasteiger partial charge in [-0.3, -0.25) is 9.78 Å². The number of carbonyl (C=O) groups excluding carboxylic acids is 1. The summed E-state index contributed by atoms with van der Waals surface area (Å²) < 4.78 is 5.35. The highest BCUT2D eigenvalue weighted by Gasteiger charge is 2.13. The molecule has 1 unspecified atom stereocenters. The highest BCUT2D eigenvalue weighted by Crippen LogP contribution is 2.11. The molecular weight excluding hydrogens is 220 g/mol. The second kappa shape index (κ2) is 6.51. The smallest absolute Gasteiger partial charge is 0.261 e. The first-order chi connectivity index (χ1) is 8.17. The van der Waals surface area contributed by atoms with Gasteiger partial charge in [0.25, 0.3) is 5.91 Å². The summed E-state index contributed by atoms with van der Waals surface area (Å²) in [5.74, 6) is 2.49. The van der Waals surface area contributed by atoms with E-state index in [1.54, 1.807) is 19.1 Å². The lowest BCUT2D eigenvalue weighted by atomic mass is 10.3. The third-order valence-electron chi connectivity index (χ3n) is 2.01. The second-order valence-electron chi connectivity index (χ2n) is 3.33. The van der Waals surface area contributed by atoms with Crippen molar-refractivity contribution in [2.24, 2.45) is 0 Å². The summed E-state index contributed by atoms with van der Waals surface area (Å²) in [5.41, 5.74) is 0.543. The van der Waals surface area contributed by atoms with Crippen LogP contribution in [-0.4, -0.2) is 28.6 Å². The lowest BCUT2D eigenvalue weighted by molar-refractivity contribution is -0.127. The maximum atomic E-state index is 11.4. The minimum absolute atomic E-state index is 0.126. The molecule has 0 saturated heterocycles. The van der Waals surface area contributed by atoms with Crippen LogP contribution in [0.15, 0.2) is 18.3 Å². The Kier molecular flexibility index (Phi) is 4.98. The van der Waals surface area contributed by atoms with E-state index in [0.29, 0.717) is 11.4 Å². The van der Waals surface area contributed by atoms with Gasteiger partial charge in [0, 0.05) is 0 Å². The van der Waals surface area contributed by atoms with E-state index in [1.807, 2.05) is 0 Å². The van der Waals surface area contributed by atoms with Crippen molar-refractivity contribution >= 4 is 5.91 Å². The first-order valence-electron chi connectivity index (χ1n) is 5.11. The lowest BCUT2D eigenvalue weighted by Gasteiger charge is -2.13. The molecule has 5 nitrogen and oxygen atoms in total. The quantitative estimate of drug-likeness (QED) is 0.708. The Bertz CT molecular complexity index is 409. The highest BCUT2D eigenvalue weighted by molar-refractivity contribution is 5.80. The van der Waals surface area contributed by atoms with Crippen LogP contribution in [0.1, 0.15) is 12.6 Å². The standard InChI is InChI=1S/C12H14N2O3/c1-3-6-13-12(16)9(2)17-11-5-4-10(8-15)14-7-11/h1,4-5,7,9,15H,6,8H2,2H3,(H,13,16). The van der Waals surface area contributed by atoms with Crippen LogP contribution in [-0.2, 0) is 11.4 Å². The van der Waals surface area contributed by atoms with Crippen molar-refractivity contribution in [1.29, 1.82) is 0 Å². The fraction of sp³-hybridized carbons (Fsp3) is 0.333. The van der Waals surface area contributed by atoms with E-state index >= 15 is 0 Å². The maximum absolute atomic E-state index is 11.4. The maximum Gasteiger partial charge on any atom is 0.261 e. The zero-order chi connectivity index (χ0) is 12.7. The number of nitrogens with one attached hydrogen (secondary N) is 1. The van der Waals surface area contributed by atoms with Gasteiger partial charge in [0.1, 0.15) is 5.75 Å². The Hall–Kier alpha value is -2.06. The third kappa shape index (κ3) is 4.13. The van der Waals surface area contributed by atoms with Crippen LogP contribution in [0.25, 0.3) is 0 Å². The van der Waals surface area contributed by atoms with E-state index in [-0.39, 0.29) is 19.1 Å². The van der Waals surface area contributed by atoms with Gasteiger partial charge in [0.15, 0.2) is 6.10 Å². The predicted molar refractivity (Wildman–Crippen MR) is 62.1 cm³/mol. The van der Waals surface area contributed by atoms with Crippen molar-refractivity contribution in [3.8, 4) is 18.1 Å². The van der Waals surface area contributed by atoms with Crippen molar-refractivity contribution < 1.29 is 14.6 Å². The molecule has 0 bridgehead atoms.